The molecule has 1 N–H and O–H groups in total. The monoisotopic (exact) mass is 333 g/mol. The SMILES string of the molecule is Cc1ccc(C2CC(C)N(C(=O)NCc3ccc(C#N)cc3)C2)cc1. The Morgan fingerprint density at radius 1 is 1.20 bits per heavy atom. The summed E-state index contributed by atoms with van der Waals surface area (Å²) in [4.78, 5) is 14.5. The summed E-state index contributed by atoms with van der Waals surface area (Å²) in [5.74, 6) is 0.399. The van der Waals surface area contributed by atoms with E-state index >= 15 is 0 Å². The lowest BCUT2D eigenvalue weighted by molar-refractivity contribution is 0.195. The number of aryl methyl sites for hydroxylation is 1. The Labute approximate surface area is 149 Å². The van der Waals surface area contributed by atoms with E-state index < -0.39 is 0 Å². The first-order valence-corrected chi connectivity index (χ1v) is 8.67. The number of hydrogen-bond acceptors (Lipinski definition) is 2. The van der Waals surface area contributed by atoms with Gasteiger partial charge in [-0.2, -0.15) is 5.26 Å². The van der Waals surface area contributed by atoms with Gasteiger partial charge in [0, 0.05) is 25.0 Å². The van der Waals surface area contributed by atoms with E-state index in [2.05, 4.69) is 49.5 Å². The molecular weight excluding hydrogens is 310 g/mol. The van der Waals surface area contributed by atoms with Crippen LogP contribution in [0, 0.1) is 18.3 Å². The summed E-state index contributed by atoms with van der Waals surface area (Å²) in [7, 11) is 0. The van der Waals surface area contributed by atoms with E-state index in [4.69, 9.17) is 5.26 Å². The molecule has 0 radical (unpaired) electrons. The predicted molar refractivity (Wildman–Crippen MR) is 98.1 cm³/mol. The topological polar surface area (TPSA) is 56.1 Å². The van der Waals surface area contributed by atoms with Gasteiger partial charge in [-0.3, -0.25) is 0 Å². The number of benzene rings is 2. The van der Waals surface area contributed by atoms with Crippen molar-refractivity contribution in [2.75, 3.05) is 6.54 Å². The van der Waals surface area contributed by atoms with Crippen LogP contribution in [0.3, 0.4) is 0 Å². The summed E-state index contributed by atoms with van der Waals surface area (Å²) in [5.41, 5.74) is 4.19. The van der Waals surface area contributed by atoms with E-state index in [9.17, 15) is 4.79 Å². The van der Waals surface area contributed by atoms with Crippen LogP contribution in [0.25, 0.3) is 0 Å². The quantitative estimate of drug-likeness (QED) is 0.924. The normalized spacial score (nSPS) is 19.5. The van der Waals surface area contributed by atoms with Gasteiger partial charge in [0.25, 0.3) is 0 Å². The standard InChI is InChI=1S/C21H23N3O/c1-15-3-9-19(10-4-15)20-11-16(2)24(14-20)21(25)23-13-18-7-5-17(12-22)6-8-18/h3-10,16,20H,11,13-14H2,1-2H3,(H,23,25). The van der Waals surface area contributed by atoms with Gasteiger partial charge >= 0.3 is 6.03 Å². The average Bonchev–Trinajstić information content (AvgIpc) is 3.02. The third-order valence-corrected chi connectivity index (χ3v) is 4.91. The predicted octanol–water partition coefficient (Wildman–Crippen LogP) is 3.95. The molecule has 4 heteroatoms. The smallest absolute Gasteiger partial charge is 0.317 e. The number of rotatable bonds is 3. The van der Waals surface area contributed by atoms with Gasteiger partial charge in [0.15, 0.2) is 0 Å². The fraction of sp³-hybridized carbons (Fsp3) is 0.333. The largest absolute Gasteiger partial charge is 0.334 e. The van der Waals surface area contributed by atoms with Crippen molar-refractivity contribution in [2.24, 2.45) is 0 Å². The molecule has 1 aliphatic heterocycles. The molecule has 128 valence electrons. The highest BCUT2D eigenvalue weighted by Crippen LogP contribution is 2.31. The number of hydrogen-bond donors (Lipinski definition) is 1. The minimum atomic E-state index is -0.0218. The molecule has 2 aromatic rings. The molecule has 25 heavy (non-hydrogen) atoms. The lowest BCUT2D eigenvalue weighted by atomic mass is 9.96. The van der Waals surface area contributed by atoms with E-state index in [1.54, 1.807) is 12.1 Å². The number of nitrogens with zero attached hydrogens (tertiary/aromatic N) is 2. The second-order valence-corrected chi connectivity index (χ2v) is 6.81. The Morgan fingerprint density at radius 2 is 1.88 bits per heavy atom. The number of nitriles is 1. The minimum absolute atomic E-state index is 0.0218. The average molecular weight is 333 g/mol. The zero-order valence-corrected chi connectivity index (χ0v) is 14.7. The molecule has 2 amide bonds. The van der Waals surface area contributed by atoms with E-state index in [-0.39, 0.29) is 12.1 Å². The Hall–Kier alpha value is -2.80. The van der Waals surface area contributed by atoms with E-state index in [1.165, 1.54) is 11.1 Å². The van der Waals surface area contributed by atoms with Gasteiger partial charge in [-0.05, 0) is 43.5 Å². The summed E-state index contributed by atoms with van der Waals surface area (Å²) >= 11 is 0. The summed E-state index contributed by atoms with van der Waals surface area (Å²) in [6.07, 6.45) is 0.993. The molecule has 1 saturated heterocycles. The van der Waals surface area contributed by atoms with Crippen molar-refractivity contribution in [3.05, 3.63) is 70.8 Å². The molecule has 1 fully saturated rings. The van der Waals surface area contributed by atoms with Crippen molar-refractivity contribution in [3.63, 3.8) is 0 Å². The molecule has 0 bridgehead atoms. The number of carbonyl (C=O) groups is 1. The molecule has 3 rings (SSSR count). The fourth-order valence-corrected chi connectivity index (χ4v) is 3.37. The van der Waals surface area contributed by atoms with Crippen LogP contribution < -0.4 is 5.32 Å². The number of nitrogens with one attached hydrogen (secondary N) is 1. The lowest BCUT2D eigenvalue weighted by Gasteiger charge is -2.22. The van der Waals surface area contributed by atoms with Gasteiger partial charge in [-0.1, -0.05) is 42.0 Å². The summed E-state index contributed by atoms with van der Waals surface area (Å²) in [5, 5.41) is 11.8. The molecule has 1 heterocycles. The van der Waals surface area contributed by atoms with Crippen molar-refractivity contribution in [1.82, 2.24) is 10.2 Å². The maximum absolute atomic E-state index is 12.5. The Morgan fingerprint density at radius 3 is 2.52 bits per heavy atom. The highest BCUT2D eigenvalue weighted by atomic mass is 16.2. The molecule has 2 unspecified atom stereocenters. The van der Waals surface area contributed by atoms with Crippen molar-refractivity contribution in [2.45, 2.75) is 38.8 Å². The lowest BCUT2D eigenvalue weighted by Crippen LogP contribution is -2.41. The molecule has 1 aliphatic rings. The Balaban J connectivity index is 1.58. The van der Waals surface area contributed by atoms with Crippen molar-refractivity contribution in [3.8, 4) is 6.07 Å². The minimum Gasteiger partial charge on any atom is -0.334 e. The van der Waals surface area contributed by atoms with Crippen LogP contribution >= 0.6 is 0 Å². The maximum atomic E-state index is 12.5. The van der Waals surface area contributed by atoms with E-state index in [0.717, 1.165) is 18.5 Å². The third kappa shape index (κ3) is 4.00. The number of urea groups is 1. The highest BCUT2D eigenvalue weighted by Gasteiger charge is 2.33. The molecule has 0 saturated carbocycles. The van der Waals surface area contributed by atoms with Crippen LogP contribution in [-0.4, -0.2) is 23.5 Å². The molecule has 0 aromatic heterocycles. The molecular formula is C21H23N3O. The van der Waals surface area contributed by atoms with Gasteiger partial charge in [-0.25, -0.2) is 4.79 Å². The highest BCUT2D eigenvalue weighted by molar-refractivity contribution is 5.75. The molecule has 4 nitrogen and oxygen atoms in total. The van der Waals surface area contributed by atoms with Crippen molar-refractivity contribution in [1.29, 1.82) is 5.26 Å². The third-order valence-electron chi connectivity index (χ3n) is 4.91. The number of amides is 2. The van der Waals surface area contributed by atoms with Gasteiger partial charge < -0.3 is 10.2 Å². The first kappa shape index (κ1) is 17.0. The van der Waals surface area contributed by atoms with Crippen LogP contribution in [0.2, 0.25) is 0 Å². The number of likely N-dealkylation sites (tertiary alicyclic amines) is 1. The Bertz CT molecular complexity index is 774. The molecule has 2 aromatic carbocycles. The fourth-order valence-electron chi connectivity index (χ4n) is 3.37. The molecule has 0 aliphatic carbocycles. The zero-order valence-electron chi connectivity index (χ0n) is 14.7. The summed E-state index contributed by atoms with van der Waals surface area (Å²) in [6, 6.07) is 18.2. The first-order chi connectivity index (χ1) is 12.1. The maximum Gasteiger partial charge on any atom is 0.317 e. The van der Waals surface area contributed by atoms with Crippen LogP contribution in [-0.2, 0) is 6.54 Å². The second-order valence-electron chi connectivity index (χ2n) is 6.81. The van der Waals surface area contributed by atoms with E-state index in [0.29, 0.717) is 18.0 Å². The van der Waals surface area contributed by atoms with E-state index in [1.807, 2.05) is 17.0 Å². The molecule has 0 spiro atoms. The number of carbonyl (C=O) groups excluding carboxylic acids is 1. The van der Waals surface area contributed by atoms with Crippen LogP contribution in [0.5, 0.6) is 0 Å². The zero-order chi connectivity index (χ0) is 17.8. The van der Waals surface area contributed by atoms with Crippen LogP contribution in [0.4, 0.5) is 4.79 Å². The van der Waals surface area contributed by atoms with Gasteiger partial charge in [0.1, 0.15) is 0 Å². The van der Waals surface area contributed by atoms with Crippen LogP contribution in [0.15, 0.2) is 48.5 Å². The first-order valence-electron chi connectivity index (χ1n) is 8.67. The van der Waals surface area contributed by atoms with Crippen molar-refractivity contribution >= 4 is 6.03 Å². The van der Waals surface area contributed by atoms with Gasteiger partial charge in [-0.15, -0.1) is 0 Å². The van der Waals surface area contributed by atoms with Crippen LogP contribution in [0.1, 0.15) is 41.5 Å². The second kappa shape index (κ2) is 7.40. The van der Waals surface area contributed by atoms with Gasteiger partial charge in [0.05, 0.1) is 11.6 Å². The summed E-state index contributed by atoms with van der Waals surface area (Å²) in [6.45, 7) is 5.42. The molecule has 2 atom stereocenters. The van der Waals surface area contributed by atoms with Crippen molar-refractivity contribution < 1.29 is 4.79 Å². The van der Waals surface area contributed by atoms with Gasteiger partial charge in [0.2, 0.25) is 0 Å². The summed E-state index contributed by atoms with van der Waals surface area (Å²) < 4.78 is 0. The Kier molecular flexibility index (Phi) is 5.04.